The summed E-state index contributed by atoms with van der Waals surface area (Å²) in [5.41, 5.74) is 2.66. The van der Waals surface area contributed by atoms with Gasteiger partial charge >= 0.3 is 0 Å². The van der Waals surface area contributed by atoms with Crippen LogP contribution in [0, 0.1) is 5.92 Å². The van der Waals surface area contributed by atoms with Crippen molar-refractivity contribution in [3.05, 3.63) is 28.8 Å². The van der Waals surface area contributed by atoms with E-state index in [1.165, 1.54) is 17.7 Å². The molecule has 18 heavy (non-hydrogen) atoms. The summed E-state index contributed by atoms with van der Waals surface area (Å²) in [7, 11) is 0. The number of hydrogen-bond donors (Lipinski definition) is 1. The smallest absolute Gasteiger partial charge is 0.0429 e. The number of nitrogens with one attached hydrogen (secondary N) is 1. The minimum absolute atomic E-state index is 0.610. The van der Waals surface area contributed by atoms with E-state index in [0.29, 0.717) is 6.04 Å². The van der Waals surface area contributed by atoms with Crippen molar-refractivity contribution in [3.8, 4) is 0 Å². The molecule has 2 unspecified atom stereocenters. The first-order valence-corrected chi connectivity index (χ1v) is 7.25. The molecule has 0 saturated carbocycles. The van der Waals surface area contributed by atoms with Crippen molar-refractivity contribution in [3.63, 3.8) is 0 Å². The van der Waals surface area contributed by atoms with Gasteiger partial charge in [0.2, 0.25) is 0 Å². The van der Waals surface area contributed by atoms with Crippen LogP contribution in [-0.4, -0.2) is 19.1 Å². The predicted molar refractivity (Wildman–Crippen MR) is 79.4 cm³/mol. The van der Waals surface area contributed by atoms with E-state index in [1.54, 1.807) is 0 Å². The van der Waals surface area contributed by atoms with Gasteiger partial charge in [-0.2, -0.15) is 0 Å². The lowest BCUT2D eigenvalue weighted by Gasteiger charge is -2.27. The van der Waals surface area contributed by atoms with Crippen LogP contribution in [0.3, 0.4) is 0 Å². The Labute approximate surface area is 115 Å². The molecule has 0 bridgehead atoms. The maximum absolute atomic E-state index is 6.17. The van der Waals surface area contributed by atoms with E-state index in [1.807, 2.05) is 6.07 Å². The first-order valence-electron chi connectivity index (χ1n) is 6.87. The van der Waals surface area contributed by atoms with Crippen molar-refractivity contribution in [2.24, 2.45) is 5.92 Å². The number of anilines is 1. The summed E-state index contributed by atoms with van der Waals surface area (Å²) >= 11 is 6.17. The number of halogens is 1. The highest BCUT2D eigenvalue weighted by atomic mass is 35.5. The molecule has 3 heteroatoms. The van der Waals surface area contributed by atoms with Gasteiger partial charge in [-0.3, -0.25) is 0 Å². The van der Waals surface area contributed by atoms with Crippen molar-refractivity contribution in [2.45, 2.75) is 39.8 Å². The lowest BCUT2D eigenvalue weighted by atomic mass is 10.1. The molecule has 1 saturated heterocycles. The predicted octanol–water partition coefficient (Wildman–Crippen LogP) is 3.68. The molecule has 1 aliphatic rings. The highest BCUT2D eigenvalue weighted by Crippen LogP contribution is 2.33. The van der Waals surface area contributed by atoms with Crippen molar-refractivity contribution >= 4 is 17.3 Å². The van der Waals surface area contributed by atoms with E-state index in [0.717, 1.165) is 30.6 Å². The minimum Gasteiger partial charge on any atom is -0.368 e. The zero-order valence-corrected chi connectivity index (χ0v) is 12.3. The van der Waals surface area contributed by atoms with Crippen LogP contribution in [0.25, 0.3) is 0 Å². The normalized spacial score (nSPS) is 23.7. The van der Waals surface area contributed by atoms with Gasteiger partial charge in [-0.05, 0) is 43.5 Å². The zero-order chi connectivity index (χ0) is 13.1. The quantitative estimate of drug-likeness (QED) is 0.894. The van der Waals surface area contributed by atoms with Gasteiger partial charge in [0.1, 0.15) is 0 Å². The van der Waals surface area contributed by atoms with Gasteiger partial charge in [0, 0.05) is 29.8 Å². The van der Waals surface area contributed by atoms with Gasteiger partial charge < -0.3 is 10.2 Å². The summed E-state index contributed by atoms with van der Waals surface area (Å²) in [6.45, 7) is 9.82. The molecule has 100 valence electrons. The van der Waals surface area contributed by atoms with Gasteiger partial charge in [-0.1, -0.05) is 31.5 Å². The van der Waals surface area contributed by atoms with Crippen LogP contribution in [-0.2, 0) is 6.54 Å². The first-order chi connectivity index (χ1) is 8.61. The highest BCUT2D eigenvalue weighted by Gasteiger charge is 2.27. The van der Waals surface area contributed by atoms with E-state index in [9.17, 15) is 0 Å². The molecule has 1 aromatic rings. The van der Waals surface area contributed by atoms with Crippen LogP contribution >= 0.6 is 11.6 Å². The fourth-order valence-electron chi connectivity index (χ4n) is 2.85. The molecule has 2 nitrogen and oxygen atoms in total. The van der Waals surface area contributed by atoms with E-state index in [4.69, 9.17) is 11.6 Å². The van der Waals surface area contributed by atoms with Crippen molar-refractivity contribution in [2.75, 3.05) is 18.0 Å². The van der Waals surface area contributed by atoms with E-state index in [-0.39, 0.29) is 0 Å². The average molecular weight is 267 g/mol. The average Bonchev–Trinajstić information content (AvgIpc) is 2.67. The van der Waals surface area contributed by atoms with E-state index >= 15 is 0 Å². The second-order valence-corrected chi connectivity index (χ2v) is 5.83. The Morgan fingerprint density at radius 3 is 2.78 bits per heavy atom. The molecular formula is C15H23ClN2. The second kappa shape index (κ2) is 5.94. The third kappa shape index (κ3) is 2.99. The van der Waals surface area contributed by atoms with Crippen molar-refractivity contribution in [1.82, 2.24) is 5.32 Å². The molecule has 0 aliphatic carbocycles. The summed E-state index contributed by atoms with van der Waals surface area (Å²) in [5, 5.41) is 4.23. The van der Waals surface area contributed by atoms with Crippen LogP contribution in [0.1, 0.15) is 32.8 Å². The Morgan fingerprint density at radius 2 is 2.17 bits per heavy atom. The first kappa shape index (κ1) is 13.7. The molecule has 0 spiro atoms. The van der Waals surface area contributed by atoms with Crippen molar-refractivity contribution in [1.29, 1.82) is 0 Å². The van der Waals surface area contributed by atoms with Crippen LogP contribution in [0.15, 0.2) is 18.2 Å². The highest BCUT2D eigenvalue weighted by molar-refractivity contribution is 6.30. The summed E-state index contributed by atoms with van der Waals surface area (Å²) in [6.07, 6.45) is 1.27. The molecule has 2 atom stereocenters. The standard InChI is InChI=1S/C15H23ClN2/c1-4-17-9-13-5-6-14(16)8-15(13)18-10-11(2)7-12(18)3/h5-6,8,11-12,17H,4,7,9-10H2,1-3H3. The van der Waals surface area contributed by atoms with Crippen LogP contribution in [0.4, 0.5) is 5.69 Å². The third-order valence-electron chi connectivity index (χ3n) is 3.71. The molecule has 1 aromatic carbocycles. The maximum Gasteiger partial charge on any atom is 0.0429 e. The lowest BCUT2D eigenvalue weighted by molar-refractivity contribution is 0.625. The molecule has 1 fully saturated rings. The van der Waals surface area contributed by atoms with Crippen molar-refractivity contribution < 1.29 is 0 Å². The zero-order valence-electron chi connectivity index (χ0n) is 11.5. The Morgan fingerprint density at radius 1 is 1.39 bits per heavy atom. The Kier molecular flexibility index (Phi) is 4.52. The summed E-state index contributed by atoms with van der Waals surface area (Å²) in [4.78, 5) is 2.50. The molecule has 0 radical (unpaired) electrons. The summed E-state index contributed by atoms with van der Waals surface area (Å²) in [6, 6.07) is 6.86. The summed E-state index contributed by atoms with van der Waals surface area (Å²) < 4.78 is 0. The second-order valence-electron chi connectivity index (χ2n) is 5.40. The summed E-state index contributed by atoms with van der Waals surface area (Å²) in [5.74, 6) is 0.769. The number of benzene rings is 1. The topological polar surface area (TPSA) is 15.3 Å². The Bertz CT molecular complexity index is 405. The number of rotatable bonds is 4. The van der Waals surface area contributed by atoms with E-state index < -0.39 is 0 Å². The molecule has 1 heterocycles. The Hall–Kier alpha value is -0.730. The molecular weight excluding hydrogens is 244 g/mol. The number of hydrogen-bond acceptors (Lipinski definition) is 2. The fourth-order valence-corrected chi connectivity index (χ4v) is 3.02. The van der Waals surface area contributed by atoms with Crippen LogP contribution in [0.5, 0.6) is 0 Å². The fraction of sp³-hybridized carbons (Fsp3) is 0.600. The van der Waals surface area contributed by atoms with E-state index in [2.05, 4.69) is 43.1 Å². The molecule has 1 N–H and O–H groups in total. The van der Waals surface area contributed by atoms with Crippen LogP contribution in [0.2, 0.25) is 5.02 Å². The third-order valence-corrected chi connectivity index (χ3v) is 3.94. The maximum atomic E-state index is 6.17. The lowest BCUT2D eigenvalue weighted by Crippen LogP contribution is -2.28. The Balaban J connectivity index is 2.26. The van der Waals surface area contributed by atoms with Crippen LogP contribution < -0.4 is 10.2 Å². The van der Waals surface area contributed by atoms with Gasteiger partial charge in [-0.15, -0.1) is 0 Å². The molecule has 2 rings (SSSR count). The largest absolute Gasteiger partial charge is 0.368 e. The van der Waals surface area contributed by atoms with Gasteiger partial charge in [0.25, 0.3) is 0 Å². The minimum atomic E-state index is 0.610. The van der Waals surface area contributed by atoms with Gasteiger partial charge in [0.05, 0.1) is 0 Å². The van der Waals surface area contributed by atoms with Gasteiger partial charge in [0.15, 0.2) is 0 Å². The van der Waals surface area contributed by atoms with Gasteiger partial charge in [-0.25, -0.2) is 0 Å². The number of nitrogens with zero attached hydrogens (tertiary/aromatic N) is 1. The monoisotopic (exact) mass is 266 g/mol. The SMILES string of the molecule is CCNCc1ccc(Cl)cc1N1CC(C)CC1C. The molecule has 0 aromatic heterocycles. The molecule has 1 aliphatic heterocycles. The molecule has 0 amide bonds.